The van der Waals surface area contributed by atoms with Crippen LogP contribution in [0.2, 0.25) is 0 Å². The third-order valence-corrected chi connectivity index (χ3v) is 4.66. The standard InChI is InChI=1S/C12H8F3N5S2/c1-20-9(7-4-2-3-5-16-7)18-19-10(20)22-11-17-8(6-21-11)12(13,14)15/h2-6H,1H3. The van der Waals surface area contributed by atoms with E-state index in [4.69, 9.17) is 0 Å². The molecule has 0 N–H and O–H groups in total. The molecule has 0 aromatic carbocycles. The predicted molar refractivity (Wildman–Crippen MR) is 75.5 cm³/mol. The summed E-state index contributed by atoms with van der Waals surface area (Å²) in [5, 5.41) is 9.43. The first kappa shape index (κ1) is 15.0. The van der Waals surface area contributed by atoms with E-state index in [2.05, 4.69) is 20.2 Å². The van der Waals surface area contributed by atoms with Gasteiger partial charge in [-0.05, 0) is 23.9 Å². The normalized spacial score (nSPS) is 11.8. The monoisotopic (exact) mass is 343 g/mol. The van der Waals surface area contributed by atoms with E-state index in [0.717, 1.165) is 28.5 Å². The van der Waals surface area contributed by atoms with Crippen molar-refractivity contribution in [3.63, 3.8) is 0 Å². The van der Waals surface area contributed by atoms with Gasteiger partial charge in [0, 0.05) is 18.6 Å². The van der Waals surface area contributed by atoms with E-state index in [1.54, 1.807) is 29.9 Å². The second-order valence-electron chi connectivity index (χ2n) is 4.18. The first-order chi connectivity index (χ1) is 10.4. The summed E-state index contributed by atoms with van der Waals surface area (Å²) >= 11 is 1.96. The molecule has 0 amide bonds. The molecule has 0 fully saturated rings. The minimum atomic E-state index is -4.44. The van der Waals surface area contributed by atoms with Crippen LogP contribution < -0.4 is 0 Å². The van der Waals surface area contributed by atoms with Crippen LogP contribution in [0.4, 0.5) is 13.2 Å². The molecule has 0 saturated carbocycles. The Bertz CT molecular complexity index is 782. The third kappa shape index (κ3) is 2.97. The van der Waals surface area contributed by atoms with Gasteiger partial charge in [-0.3, -0.25) is 4.98 Å². The zero-order chi connectivity index (χ0) is 15.7. The van der Waals surface area contributed by atoms with Crippen LogP contribution in [-0.2, 0) is 13.2 Å². The Kier molecular flexibility index (Phi) is 3.87. The molecule has 0 aliphatic heterocycles. The molecule has 0 aliphatic carbocycles. The lowest BCUT2D eigenvalue weighted by Gasteiger charge is -2.02. The van der Waals surface area contributed by atoms with Crippen molar-refractivity contribution in [2.75, 3.05) is 0 Å². The SMILES string of the molecule is Cn1c(Sc2nc(C(F)(F)F)cs2)nnc1-c1ccccn1. The summed E-state index contributed by atoms with van der Waals surface area (Å²) in [6, 6.07) is 5.38. The second-order valence-corrected chi connectivity index (χ2v) is 6.25. The van der Waals surface area contributed by atoms with Crippen LogP contribution in [0.15, 0.2) is 39.3 Å². The van der Waals surface area contributed by atoms with E-state index >= 15 is 0 Å². The maximum atomic E-state index is 12.5. The first-order valence-corrected chi connectivity index (χ1v) is 7.66. The van der Waals surface area contributed by atoms with Gasteiger partial charge in [-0.1, -0.05) is 6.07 Å². The first-order valence-electron chi connectivity index (χ1n) is 5.96. The molecule has 3 heterocycles. The summed E-state index contributed by atoms with van der Waals surface area (Å²) in [6.45, 7) is 0. The zero-order valence-electron chi connectivity index (χ0n) is 11.1. The van der Waals surface area contributed by atoms with E-state index in [-0.39, 0.29) is 4.34 Å². The van der Waals surface area contributed by atoms with Crippen LogP contribution in [0, 0.1) is 0 Å². The summed E-state index contributed by atoms with van der Waals surface area (Å²) in [4.78, 5) is 7.73. The van der Waals surface area contributed by atoms with E-state index in [0.29, 0.717) is 16.7 Å². The van der Waals surface area contributed by atoms with Crippen molar-refractivity contribution >= 4 is 23.1 Å². The molecule has 0 bridgehead atoms. The highest BCUT2D eigenvalue weighted by atomic mass is 32.2. The lowest BCUT2D eigenvalue weighted by atomic mass is 10.3. The maximum Gasteiger partial charge on any atom is 0.434 e. The molecule has 10 heteroatoms. The Morgan fingerprint density at radius 3 is 2.68 bits per heavy atom. The number of aromatic nitrogens is 5. The number of hydrogen-bond donors (Lipinski definition) is 0. The Morgan fingerprint density at radius 2 is 2.05 bits per heavy atom. The third-order valence-electron chi connectivity index (χ3n) is 2.68. The molecular formula is C12H8F3N5S2. The Morgan fingerprint density at radius 1 is 1.23 bits per heavy atom. The fourth-order valence-electron chi connectivity index (χ4n) is 1.63. The molecule has 0 spiro atoms. The van der Waals surface area contributed by atoms with Crippen LogP contribution in [0.25, 0.3) is 11.5 Å². The number of hydrogen-bond acceptors (Lipinski definition) is 6. The highest BCUT2D eigenvalue weighted by Crippen LogP contribution is 2.35. The molecule has 0 aliphatic rings. The maximum absolute atomic E-state index is 12.5. The topological polar surface area (TPSA) is 56.5 Å². The summed E-state index contributed by atoms with van der Waals surface area (Å²) in [5.74, 6) is 0.538. The highest BCUT2D eigenvalue weighted by Gasteiger charge is 2.34. The van der Waals surface area contributed by atoms with Crippen molar-refractivity contribution in [1.29, 1.82) is 0 Å². The van der Waals surface area contributed by atoms with Gasteiger partial charge in [0.2, 0.25) is 0 Å². The minimum absolute atomic E-state index is 0.260. The summed E-state index contributed by atoms with van der Waals surface area (Å²) < 4.78 is 39.5. The molecule has 3 aromatic rings. The summed E-state index contributed by atoms with van der Waals surface area (Å²) in [5.41, 5.74) is -0.258. The van der Waals surface area contributed by atoms with Gasteiger partial charge in [0.25, 0.3) is 0 Å². The van der Waals surface area contributed by atoms with Gasteiger partial charge in [0.05, 0.1) is 0 Å². The molecule has 22 heavy (non-hydrogen) atoms. The van der Waals surface area contributed by atoms with Crippen LogP contribution in [-0.4, -0.2) is 24.7 Å². The number of rotatable bonds is 3. The van der Waals surface area contributed by atoms with Crippen LogP contribution >= 0.6 is 23.1 Å². The Balaban J connectivity index is 1.85. The van der Waals surface area contributed by atoms with Gasteiger partial charge in [0.15, 0.2) is 21.0 Å². The van der Waals surface area contributed by atoms with E-state index in [1.165, 1.54) is 0 Å². The number of nitrogens with zero attached hydrogens (tertiary/aromatic N) is 5. The van der Waals surface area contributed by atoms with Crippen molar-refractivity contribution in [3.05, 3.63) is 35.5 Å². The van der Waals surface area contributed by atoms with Gasteiger partial charge >= 0.3 is 6.18 Å². The second kappa shape index (κ2) is 5.69. The van der Waals surface area contributed by atoms with Crippen molar-refractivity contribution in [3.8, 4) is 11.5 Å². The van der Waals surface area contributed by atoms with Crippen molar-refractivity contribution < 1.29 is 13.2 Å². The van der Waals surface area contributed by atoms with Crippen LogP contribution in [0.3, 0.4) is 0 Å². The smallest absolute Gasteiger partial charge is 0.304 e. The molecule has 3 aromatic heterocycles. The fourth-order valence-corrected chi connectivity index (χ4v) is 3.35. The quantitative estimate of drug-likeness (QED) is 0.728. The summed E-state index contributed by atoms with van der Waals surface area (Å²) in [6.07, 6.45) is -2.80. The van der Waals surface area contributed by atoms with Crippen LogP contribution in [0.5, 0.6) is 0 Å². The fraction of sp³-hybridized carbons (Fsp3) is 0.167. The van der Waals surface area contributed by atoms with E-state index < -0.39 is 11.9 Å². The molecule has 0 radical (unpaired) electrons. The average Bonchev–Trinajstić information content (AvgIpc) is 3.08. The molecule has 114 valence electrons. The summed E-state index contributed by atoms with van der Waals surface area (Å²) in [7, 11) is 1.73. The van der Waals surface area contributed by atoms with Crippen molar-refractivity contribution in [2.45, 2.75) is 15.7 Å². The largest absolute Gasteiger partial charge is 0.434 e. The number of alkyl halides is 3. The predicted octanol–water partition coefficient (Wildman–Crippen LogP) is 3.50. The zero-order valence-corrected chi connectivity index (χ0v) is 12.7. The van der Waals surface area contributed by atoms with Gasteiger partial charge < -0.3 is 4.57 Å². The lowest BCUT2D eigenvalue weighted by molar-refractivity contribution is -0.141. The molecule has 0 unspecified atom stereocenters. The number of halogens is 3. The van der Waals surface area contributed by atoms with Gasteiger partial charge in [-0.25, -0.2) is 4.98 Å². The molecule has 0 saturated heterocycles. The van der Waals surface area contributed by atoms with Gasteiger partial charge in [0.1, 0.15) is 5.69 Å². The molecule has 3 rings (SSSR count). The van der Waals surface area contributed by atoms with Gasteiger partial charge in [-0.2, -0.15) is 13.2 Å². The van der Waals surface area contributed by atoms with E-state index in [9.17, 15) is 13.2 Å². The lowest BCUT2D eigenvalue weighted by Crippen LogP contribution is -2.04. The highest BCUT2D eigenvalue weighted by molar-refractivity contribution is 8.00. The molecule has 0 atom stereocenters. The van der Waals surface area contributed by atoms with Crippen molar-refractivity contribution in [1.82, 2.24) is 24.7 Å². The Labute approximate surface area is 131 Å². The van der Waals surface area contributed by atoms with E-state index in [1.807, 2.05) is 6.07 Å². The van der Waals surface area contributed by atoms with Gasteiger partial charge in [-0.15, -0.1) is 21.5 Å². The average molecular weight is 343 g/mol. The number of thiazole rings is 1. The van der Waals surface area contributed by atoms with Crippen LogP contribution in [0.1, 0.15) is 5.69 Å². The van der Waals surface area contributed by atoms with Crippen molar-refractivity contribution in [2.24, 2.45) is 7.05 Å². The minimum Gasteiger partial charge on any atom is -0.304 e. The molecule has 5 nitrogen and oxygen atoms in total. The Hall–Kier alpha value is -1.94. The molecular weight excluding hydrogens is 335 g/mol. The number of pyridine rings is 1.